The topological polar surface area (TPSA) is 43.6 Å². The lowest BCUT2D eigenvalue weighted by molar-refractivity contribution is -0.137. The molecule has 31 heavy (non-hydrogen) atoms. The van der Waals surface area contributed by atoms with Crippen LogP contribution in [0.2, 0.25) is 0 Å². The summed E-state index contributed by atoms with van der Waals surface area (Å²) < 4.78 is 53.8. The van der Waals surface area contributed by atoms with Gasteiger partial charge >= 0.3 is 6.18 Å². The first-order valence-electron chi connectivity index (χ1n) is 9.26. The van der Waals surface area contributed by atoms with Crippen LogP contribution >= 0.6 is 15.9 Å². The molecule has 0 N–H and O–H groups in total. The van der Waals surface area contributed by atoms with Gasteiger partial charge in [0.05, 0.1) is 12.1 Å². The lowest BCUT2D eigenvalue weighted by atomic mass is 9.98. The summed E-state index contributed by atoms with van der Waals surface area (Å²) in [6, 6.07) is 16.9. The molecular weight excluding hydrogens is 476 g/mol. The van der Waals surface area contributed by atoms with Gasteiger partial charge in [-0.15, -0.1) is 10.2 Å². The summed E-state index contributed by atoms with van der Waals surface area (Å²) in [6.45, 7) is 0.108. The minimum atomic E-state index is -4.41. The molecule has 9 heteroatoms. The molecule has 4 aromatic rings. The molecule has 0 aliphatic heterocycles. The van der Waals surface area contributed by atoms with Crippen LogP contribution in [0.5, 0.6) is 0 Å². The van der Waals surface area contributed by atoms with Crippen LogP contribution in [0.1, 0.15) is 22.3 Å². The smallest absolute Gasteiger partial charge is 0.207 e. The molecule has 4 nitrogen and oxygen atoms in total. The Balaban J connectivity index is 1.64. The fourth-order valence-electron chi connectivity index (χ4n) is 3.19. The SMILES string of the molecule is Fc1ccccc1Cn1nnc(-c2cc(Br)ccc2Cc2cccc(C(F)(F)F)c2)n1. The van der Waals surface area contributed by atoms with Crippen molar-refractivity contribution in [2.24, 2.45) is 0 Å². The van der Waals surface area contributed by atoms with Gasteiger partial charge in [-0.25, -0.2) is 4.39 Å². The van der Waals surface area contributed by atoms with E-state index in [-0.39, 0.29) is 18.8 Å². The number of benzene rings is 3. The fraction of sp³-hybridized carbons (Fsp3) is 0.136. The number of hydrogen-bond donors (Lipinski definition) is 0. The molecule has 0 aliphatic rings. The van der Waals surface area contributed by atoms with Crippen LogP contribution in [0, 0.1) is 5.82 Å². The average Bonchev–Trinajstić information content (AvgIpc) is 3.19. The van der Waals surface area contributed by atoms with E-state index in [1.54, 1.807) is 42.5 Å². The third kappa shape index (κ3) is 4.99. The third-order valence-electron chi connectivity index (χ3n) is 4.68. The van der Waals surface area contributed by atoms with Gasteiger partial charge in [0.2, 0.25) is 5.82 Å². The predicted octanol–water partition coefficient (Wildman–Crippen LogP) is 5.90. The molecule has 0 saturated carbocycles. The number of halogens is 5. The van der Waals surface area contributed by atoms with Crippen molar-refractivity contribution in [1.82, 2.24) is 20.2 Å². The Bertz CT molecular complexity index is 1220. The molecule has 158 valence electrons. The summed E-state index contributed by atoms with van der Waals surface area (Å²) in [5.74, 6) is -0.0614. The second kappa shape index (κ2) is 8.58. The quantitative estimate of drug-likeness (QED) is 0.327. The van der Waals surface area contributed by atoms with Crippen molar-refractivity contribution in [3.8, 4) is 11.4 Å². The minimum absolute atomic E-state index is 0.108. The van der Waals surface area contributed by atoms with Gasteiger partial charge in [-0.3, -0.25) is 0 Å². The highest BCUT2D eigenvalue weighted by Gasteiger charge is 2.30. The number of tetrazole rings is 1. The molecule has 0 aliphatic carbocycles. The summed E-state index contributed by atoms with van der Waals surface area (Å²) in [7, 11) is 0. The minimum Gasteiger partial charge on any atom is -0.207 e. The van der Waals surface area contributed by atoms with Gasteiger partial charge in [-0.05, 0) is 47.0 Å². The zero-order valence-electron chi connectivity index (χ0n) is 15.9. The van der Waals surface area contributed by atoms with Gasteiger partial charge in [-0.2, -0.15) is 18.0 Å². The van der Waals surface area contributed by atoms with Gasteiger partial charge in [-0.1, -0.05) is 58.4 Å². The van der Waals surface area contributed by atoms with Crippen LogP contribution < -0.4 is 0 Å². The Morgan fingerprint density at radius 2 is 1.71 bits per heavy atom. The van der Waals surface area contributed by atoms with Crippen molar-refractivity contribution in [3.05, 3.63) is 99.3 Å². The Kier molecular flexibility index (Phi) is 5.86. The van der Waals surface area contributed by atoms with Crippen molar-refractivity contribution in [2.75, 3.05) is 0 Å². The maximum Gasteiger partial charge on any atom is 0.416 e. The van der Waals surface area contributed by atoms with E-state index >= 15 is 0 Å². The van der Waals surface area contributed by atoms with E-state index < -0.39 is 11.7 Å². The van der Waals surface area contributed by atoms with Gasteiger partial charge < -0.3 is 0 Å². The van der Waals surface area contributed by atoms with Gasteiger partial charge in [0.25, 0.3) is 0 Å². The van der Waals surface area contributed by atoms with E-state index in [4.69, 9.17) is 0 Å². The van der Waals surface area contributed by atoms with E-state index in [2.05, 4.69) is 31.3 Å². The second-order valence-corrected chi connectivity index (χ2v) is 7.83. The first kappa shape index (κ1) is 21.2. The molecule has 0 amide bonds. The largest absolute Gasteiger partial charge is 0.416 e. The number of alkyl halides is 3. The molecule has 0 saturated heterocycles. The van der Waals surface area contributed by atoms with Crippen LogP contribution in [-0.2, 0) is 19.1 Å². The van der Waals surface area contributed by atoms with Gasteiger partial charge in [0, 0.05) is 15.6 Å². The van der Waals surface area contributed by atoms with Crippen molar-refractivity contribution >= 4 is 15.9 Å². The lowest BCUT2D eigenvalue weighted by Crippen LogP contribution is -2.06. The van der Waals surface area contributed by atoms with Crippen LogP contribution in [0.3, 0.4) is 0 Å². The Hall–Kier alpha value is -3.07. The van der Waals surface area contributed by atoms with E-state index in [1.807, 2.05) is 0 Å². The number of hydrogen-bond acceptors (Lipinski definition) is 3. The molecule has 0 fully saturated rings. The summed E-state index contributed by atoms with van der Waals surface area (Å²) >= 11 is 3.41. The van der Waals surface area contributed by atoms with E-state index in [1.165, 1.54) is 16.9 Å². The summed E-state index contributed by atoms with van der Waals surface area (Å²) in [6.07, 6.45) is -4.15. The van der Waals surface area contributed by atoms with Crippen LogP contribution in [-0.4, -0.2) is 20.2 Å². The molecule has 0 spiro atoms. The van der Waals surface area contributed by atoms with Crippen LogP contribution in [0.15, 0.2) is 71.2 Å². The summed E-state index contributed by atoms with van der Waals surface area (Å²) in [5, 5.41) is 12.4. The molecule has 0 radical (unpaired) electrons. The molecule has 1 heterocycles. The Morgan fingerprint density at radius 3 is 2.48 bits per heavy atom. The molecule has 3 aromatic carbocycles. The average molecular weight is 491 g/mol. The fourth-order valence-corrected chi connectivity index (χ4v) is 3.55. The highest BCUT2D eigenvalue weighted by atomic mass is 79.9. The molecule has 0 atom stereocenters. The first-order chi connectivity index (χ1) is 14.8. The molecule has 0 bridgehead atoms. The molecule has 1 aromatic heterocycles. The van der Waals surface area contributed by atoms with Gasteiger partial charge in [0.15, 0.2) is 0 Å². The van der Waals surface area contributed by atoms with Crippen molar-refractivity contribution in [2.45, 2.75) is 19.1 Å². The monoisotopic (exact) mass is 490 g/mol. The molecule has 4 rings (SSSR count). The number of nitrogens with zero attached hydrogens (tertiary/aromatic N) is 4. The summed E-state index contributed by atoms with van der Waals surface area (Å²) in [5.41, 5.74) is 1.61. The number of rotatable bonds is 5. The lowest BCUT2D eigenvalue weighted by Gasteiger charge is -2.11. The van der Waals surface area contributed by atoms with Crippen LogP contribution in [0.4, 0.5) is 17.6 Å². The standard InChI is InChI=1S/C22H15BrF4N4/c23-18-9-8-15(10-14-4-3-6-17(11-14)22(25,26)27)19(12-18)21-28-30-31(29-21)13-16-5-1-2-7-20(16)24/h1-9,11-12H,10,13H2. The van der Waals surface area contributed by atoms with E-state index in [9.17, 15) is 17.6 Å². The van der Waals surface area contributed by atoms with Crippen LogP contribution in [0.25, 0.3) is 11.4 Å². The summed E-state index contributed by atoms with van der Waals surface area (Å²) in [4.78, 5) is 1.28. The Labute approximate surface area is 183 Å². The zero-order chi connectivity index (χ0) is 22.0. The first-order valence-corrected chi connectivity index (χ1v) is 10.0. The maximum atomic E-state index is 13.9. The van der Waals surface area contributed by atoms with Gasteiger partial charge in [0.1, 0.15) is 5.82 Å². The molecular formula is C22H15BrF4N4. The van der Waals surface area contributed by atoms with Crippen molar-refractivity contribution in [1.29, 1.82) is 0 Å². The number of aromatic nitrogens is 4. The normalized spacial score (nSPS) is 11.6. The Morgan fingerprint density at radius 1 is 0.903 bits per heavy atom. The zero-order valence-corrected chi connectivity index (χ0v) is 17.5. The van der Waals surface area contributed by atoms with E-state index in [0.29, 0.717) is 22.5 Å². The van der Waals surface area contributed by atoms with Crippen molar-refractivity contribution < 1.29 is 17.6 Å². The maximum absolute atomic E-state index is 13.9. The highest BCUT2D eigenvalue weighted by molar-refractivity contribution is 9.10. The second-order valence-electron chi connectivity index (χ2n) is 6.91. The molecule has 0 unspecified atom stereocenters. The third-order valence-corrected chi connectivity index (χ3v) is 5.18. The van der Waals surface area contributed by atoms with E-state index in [0.717, 1.165) is 22.2 Å². The van der Waals surface area contributed by atoms with Crippen molar-refractivity contribution in [3.63, 3.8) is 0 Å². The highest BCUT2D eigenvalue weighted by Crippen LogP contribution is 2.31. The predicted molar refractivity (Wildman–Crippen MR) is 111 cm³/mol.